The minimum absolute atomic E-state index is 0. The molecule has 0 saturated carbocycles. The Morgan fingerprint density at radius 1 is 0.743 bits per heavy atom. The van der Waals surface area contributed by atoms with Crippen LogP contribution in [0.25, 0.3) is 16.7 Å². The second-order valence-corrected chi connectivity index (χ2v) is 11.9. The molecule has 0 unspecified atom stereocenters. The first kappa shape index (κ1) is 25.8. The summed E-state index contributed by atoms with van der Waals surface area (Å²) in [6.07, 6.45) is 8.97. The smallest absolute Gasteiger partial charge is 1.00 e. The Morgan fingerprint density at radius 3 is 2.00 bits per heavy atom. The molecule has 0 atom stereocenters. The van der Waals surface area contributed by atoms with Gasteiger partial charge in [0.05, 0.1) is 0 Å². The number of rotatable bonds is 4. The summed E-state index contributed by atoms with van der Waals surface area (Å²) >= 11 is -1.15. The van der Waals surface area contributed by atoms with E-state index in [1.54, 1.807) is 12.0 Å². The van der Waals surface area contributed by atoms with Crippen LogP contribution in [0.15, 0.2) is 109 Å². The minimum atomic E-state index is -1.15. The third-order valence-corrected chi connectivity index (χ3v) is 10.8. The molecule has 2 aliphatic carbocycles. The molecule has 0 aromatic heterocycles. The van der Waals surface area contributed by atoms with Crippen LogP contribution in [0.5, 0.6) is 0 Å². The van der Waals surface area contributed by atoms with Gasteiger partial charge in [-0.2, -0.15) is 0 Å². The Hall–Kier alpha value is -2.31. The minimum Gasteiger partial charge on any atom is -1.00 e. The van der Waals surface area contributed by atoms with Crippen molar-refractivity contribution in [2.45, 2.75) is 19.8 Å². The van der Waals surface area contributed by atoms with Crippen molar-refractivity contribution in [1.29, 1.82) is 0 Å². The molecule has 0 saturated heterocycles. The second-order valence-electron chi connectivity index (χ2n) is 8.86. The summed E-state index contributed by atoms with van der Waals surface area (Å²) in [6.45, 7) is 2.32. The number of halogens is 2. The Bertz CT molecular complexity index is 1410. The molecule has 0 bridgehead atoms. The van der Waals surface area contributed by atoms with Gasteiger partial charge in [0.25, 0.3) is 0 Å². The van der Waals surface area contributed by atoms with Crippen LogP contribution in [0.1, 0.15) is 39.8 Å². The van der Waals surface area contributed by atoms with E-state index in [2.05, 4.69) is 116 Å². The SMILES string of the molecule is Cc1cc2c([c]([Zr+2]=[C](c3ccccc3)c3ccccc3)c1C1=CC=CC1)Cc1ccccc1-2.[Cl-].[Cl-]. The number of allylic oxidation sites excluding steroid dienone is 4. The zero-order valence-corrected chi connectivity index (χ0v) is 23.5. The summed E-state index contributed by atoms with van der Waals surface area (Å²) in [4.78, 5) is 0. The van der Waals surface area contributed by atoms with Crippen molar-refractivity contribution in [1.82, 2.24) is 0 Å². The molecule has 0 amide bonds. The molecule has 171 valence electrons. The standard InChI is InChI=1S/C19H15.C13H10.2ClH.Zr/c1-13-10-19-16(11-15-8-4-5-9-17(15)19)12-18(13)14-6-2-3-7-14;1-3-7-12(8-4-1)11-13-9-5-2-6-10-13;;;/h2-6,8-10H,7,11H2,1H3;1-10H;2*1H;/q;;;;+2/p-2. The predicted octanol–water partition coefficient (Wildman–Crippen LogP) is 0.894. The van der Waals surface area contributed by atoms with Gasteiger partial charge in [0.15, 0.2) is 0 Å². The van der Waals surface area contributed by atoms with Crippen molar-refractivity contribution in [2.75, 3.05) is 0 Å². The molecule has 4 aromatic rings. The van der Waals surface area contributed by atoms with Crippen LogP contribution < -0.4 is 28.1 Å². The van der Waals surface area contributed by atoms with E-state index in [9.17, 15) is 0 Å². The van der Waals surface area contributed by atoms with E-state index in [0.717, 1.165) is 12.8 Å². The van der Waals surface area contributed by atoms with E-state index in [1.807, 2.05) is 0 Å². The summed E-state index contributed by atoms with van der Waals surface area (Å²) in [5.41, 5.74) is 13.2. The van der Waals surface area contributed by atoms with Crippen LogP contribution in [0.3, 0.4) is 0 Å². The first-order chi connectivity index (χ1) is 16.3. The normalized spacial score (nSPS) is 12.5. The van der Waals surface area contributed by atoms with Gasteiger partial charge in [-0.25, -0.2) is 0 Å². The summed E-state index contributed by atoms with van der Waals surface area (Å²) in [6, 6.07) is 33.6. The molecule has 0 fully saturated rings. The molecule has 6 rings (SSSR count). The van der Waals surface area contributed by atoms with Crippen LogP contribution in [0, 0.1) is 6.92 Å². The number of hydrogen-bond acceptors (Lipinski definition) is 0. The van der Waals surface area contributed by atoms with Gasteiger partial charge in [-0.1, -0.05) is 0 Å². The first-order valence-corrected chi connectivity index (χ1v) is 14.1. The average molecular weight is 572 g/mol. The molecule has 3 heteroatoms. The molecule has 0 radical (unpaired) electrons. The van der Waals surface area contributed by atoms with Crippen molar-refractivity contribution in [3.63, 3.8) is 0 Å². The molecule has 2 aliphatic rings. The number of hydrogen-bond donors (Lipinski definition) is 0. The third-order valence-electron chi connectivity index (χ3n) is 6.77. The molecule has 0 heterocycles. The fourth-order valence-electron chi connectivity index (χ4n) is 5.24. The zero-order valence-electron chi connectivity index (χ0n) is 19.6. The molecule has 35 heavy (non-hydrogen) atoms. The molecule has 0 aliphatic heterocycles. The van der Waals surface area contributed by atoms with Crippen molar-refractivity contribution in [3.8, 4) is 11.1 Å². The van der Waals surface area contributed by atoms with Crippen LogP contribution in [-0.2, 0) is 29.2 Å². The fourth-order valence-corrected chi connectivity index (χ4v) is 9.49. The van der Waals surface area contributed by atoms with Crippen LogP contribution in [-0.4, -0.2) is 3.21 Å². The van der Waals surface area contributed by atoms with Gasteiger partial charge in [0, 0.05) is 0 Å². The number of fused-ring (bicyclic) bond motifs is 3. The topological polar surface area (TPSA) is 0 Å². The second kappa shape index (κ2) is 11.2. The Balaban J connectivity index is 0.00000144. The van der Waals surface area contributed by atoms with E-state index in [-0.39, 0.29) is 24.8 Å². The van der Waals surface area contributed by atoms with Gasteiger partial charge >= 0.3 is 208 Å². The summed E-state index contributed by atoms with van der Waals surface area (Å²) in [7, 11) is 0. The molecular weight excluding hydrogens is 546 g/mol. The number of aryl methyl sites for hydroxylation is 1. The Labute approximate surface area is 231 Å². The third kappa shape index (κ3) is 4.88. The maximum Gasteiger partial charge on any atom is -1.00 e. The molecule has 0 spiro atoms. The van der Waals surface area contributed by atoms with Crippen LogP contribution in [0.4, 0.5) is 0 Å². The van der Waals surface area contributed by atoms with Crippen molar-refractivity contribution in [3.05, 3.63) is 143 Å². The Morgan fingerprint density at radius 2 is 1.37 bits per heavy atom. The van der Waals surface area contributed by atoms with Crippen molar-refractivity contribution in [2.24, 2.45) is 0 Å². The van der Waals surface area contributed by atoms with Gasteiger partial charge in [0.1, 0.15) is 0 Å². The maximum absolute atomic E-state index is 2.46. The quantitative estimate of drug-likeness (QED) is 0.301. The summed E-state index contributed by atoms with van der Waals surface area (Å²) < 4.78 is 3.24. The van der Waals surface area contributed by atoms with Crippen molar-refractivity contribution < 1.29 is 47.6 Å². The van der Waals surface area contributed by atoms with E-state index in [0.29, 0.717) is 0 Å². The van der Waals surface area contributed by atoms with Gasteiger partial charge in [-0.3, -0.25) is 0 Å². The first-order valence-electron chi connectivity index (χ1n) is 11.7. The zero-order chi connectivity index (χ0) is 22.2. The van der Waals surface area contributed by atoms with E-state index < -0.39 is 22.8 Å². The number of benzene rings is 4. The average Bonchev–Trinajstić information content (AvgIpc) is 3.52. The van der Waals surface area contributed by atoms with Crippen LogP contribution >= 0.6 is 0 Å². The summed E-state index contributed by atoms with van der Waals surface area (Å²) in [5.74, 6) is 0. The van der Waals surface area contributed by atoms with Gasteiger partial charge in [-0.05, 0) is 0 Å². The van der Waals surface area contributed by atoms with Crippen molar-refractivity contribution >= 4 is 12.1 Å². The van der Waals surface area contributed by atoms with E-state index in [4.69, 9.17) is 0 Å². The van der Waals surface area contributed by atoms with Gasteiger partial charge < -0.3 is 24.8 Å². The predicted molar refractivity (Wildman–Crippen MR) is 137 cm³/mol. The monoisotopic (exact) mass is 569 g/mol. The van der Waals surface area contributed by atoms with Gasteiger partial charge in [-0.15, -0.1) is 0 Å². The largest absolute Gasteiger partial charge is 1.00 e. The van der Waals surface area contributed by atoms with E-state index in [1.165, 1.54) is 44.5 Å². The van der Waals surface area contributed by atoms with E-state index >= 15 is 0 Å². The molecule has 0 nitrogen and oxygen atoms in total. The maximum atomic E-state index is 2.46. The Kier molecular flexibility index (Phi) is 8.23. The molecule has 0 N–H and O–H groups in total. The molecular formula is C32H25Cl2Zr. The molecule has 4 aromatic carbocycles. The van der Waals surface area contributed by atoms with Crippen LogP contribution in [0.2, 0.25) is 0 Å². The fraction of sp³-hybridized carbons (Fsp3) is 0.0938. The van der Waals surface area contributed by atoms with Gasteiger partial charge in [0.2, 0.25) is 0 Å². The summed E-state index contributed by atoms with van der Waals surface area (Å²) in [5, 5.41) is 0.